The number of halogens is 1. The van der Waals surface area contributed by atoms with Crippen LogP contribution in [0.1, 0.15) is 38.3 Å². The number of anilines is 1. The van der Waals surface area contributed by atoms with Gasteiger partial charge in [0.15, 0.2) is 0 Å². The number of nitrogens with zero attached hydrogens (tertiary/aromatic N) is 2. The lowest BCUT2D eigenvalue weighted by atomic mass is 10.1. The zero-order chi connectivity index (χ0) is 24.8. The number of hydrogen-bond acceptors (Lipinski definition) is 4. The molecule has 33 heavy (non-hydrogen) atoms. The van der Waals surface area contributed by atoms with E-state index in [4.69, 9.17) is 11.6 Å². The average Bonchev–Trinajstić information content (AvgIpc) is 2.75. The van der Waals surface area contributed by atoms with Crippen molar-refractivity contribution in [3.05, 3.63) is 64.7 Å². The fourth-order valence-corrected chi connectivity index (χ4v) is 4.20. The third-order valence-electron chi connectivity index (χ3n) is 5.40. The van der Waals surface area contributed by atoms with E-state index in [9.17, 15) is 18.0 Å². The Morgan fingerprint density at radius 1 is 1.09 bits per heavy atom. The Morgan fingerprint density at radius 3 is 2.27 bits per heavy atom. The SMILES string of the molecule is CCC(C)NC(=O)C(C)N(Cc1ccc(Cl)cc1)C(=O)CN(c1cccc(C)c1)S(C)(=O)=O. The molecule has 180 valence electrons. The molecule has 2 atom stereocenters. The minimum absolute atomic E-state index is 0.0488. The molecule has 0 saturated carbocycles. The highest BCUT2D eigenvalue weighted by atomic mass is 35.5. The van der Waals surface area contributed by atoms with Crippen LogP contribution >= 0.6 is 11.6 Å². The van der Waals surface area contributed by atoms with Crippen molar-refractivity contribution in [1.82, 2.24) is 10.2 Å². The summed E-state index contributed by atoms with van der Waals surface area (Å²) in [6.45, 7) is 7.05. The maximum absolute atomic E-state index is 13.4. The number of carbonyl (C=O) groups excluding carboxylic acids is 2. The van der Waals surface area contributed by atoms with Gasteiger partial charge in [0, 0.05) is 17.6 Å². The van der Waals surface area contributed by atoms with Gasteiger partial charge in [-0.2, -0.15) is 0 Å². The van der Waals surface area contributed by atoms with Crippen molar-refractivity contribution < 1.29 is 18.0 Å². The molecule has 0 saturated heterocycles. The van der Waals surface area contributed by atoms with Crippen LogP contribution in [0.25, 0.3) is 0 Å². The summed E-state index contributed by atoms with van der Waals surface area (Å²) in [6, 6.07) is 13.0. The normalized spacial score (nSPS) is 13.2. The predicted molar refractivity (Wildman–Crippen MR) is 133 cm³/mol. The number of amides is 2. The van der Waals surface area contributed by atoms with Crippen LogP contribution in [-0.4, -0.2) is 50.0 Å². The van der Waals surface area contributed by atoms with E-state index in [0.717, 1.165) is 28.1 Å². The number of aryl methyl sites for hydroxylation is 1. The third-order valence-corrected chi connectivity index (χ3v) is 6.80. The fraction of sp³-hybridized carbons (Fsp3) is 0.417. The molecule has 9 heteroatoms. The molecule has 0 fully saturated rings. The molecule has 0 spiro atoms. The van der Waals surface area contributed by atoms with E-state index in [2.05, 4.69) is 5.32 Å². The molecule has 2 unspecified atom stereocenters. The van der Waals surface area contributed by atoms with E-state index >= 15 is 0 Å². The molecule has 1 N–H and O–H groups in total. The summed E-state index contributed by atoms with van der Waals surface area (Å²) in [5, 5.41) is 3.45. The van der Waals surface area contributed by atoms with Gasteiger partial charge in [-0.15, -0.1) is 0 Å². The fourth-order valence-electron chi connectivity index (χ4n) is 3.23. The molecule has 2 amide bonds. The van der Waals surface area contributed by atoms with Crippen LogP contribution in [-0.2, 0) is 26.2 Å². The number of carbonyl (C=O) groups is 2. The highest BCUT2D eigenvalue weighted by Crippen LogP contribution is 2.20. The van der Waals surface area contributed by atoms with Crippen LogP contribution < -0.4 is 9.62 Å². The van der Waals surface area contributed by atoms with Crippen LogP contribution in [0.4, 0.5) is 5.69 Å². The summed E-state index contributed by atoms with van der Waals surface area (Å²) in [5.74, 6) is -0.781. The third kappa shape index (κ3) is 7.75. The Hall–Kier alpha value is -2.58. The topological polar surface area (TPSA) is 86.8 Å². The van der Waals surface area contributed by atoms with Crippen molar-refractivity contribution in [3.63, 3.8) is 0 Å². The van der Waals surface area contributed by atoms with Gasteiger partial charge in [-0.05, 0) is 62.6 Å². The second kappa shape index (κ2) is 11.5. The van der Waals surface area contributed by atoms with Gasteiger partial charge in [0.05, 0.1) is 11.9 Å². The Bertz CT molecular complexity index is 1070. The van der Waals surface area contributed by atoms with Crippen molar-refractivity contribution in [2.24, 2.45) is 0 Å². The molecule has 0 aliphatic heterocycles. The Kier molecular flexibility index (Phi) is 9.31. The van der Waals surface area contributed by atoms with Crippen molar-refractivity contribution in [2.45, 2.75) is 52.7 Å². The van der Waals surface area contributed by atoms with E-state index < -0.39 is 28.5 Å². The molecule has 2 rings (SSSR count). The molecular weight excluding hydrogens is 462 g/mol. The van der Waals surface area contributed by atoms with Crippen molar-refractivity contribution in [3.8, 4) is 0 Å². The Morgan fingerprint density at radius 2 is 1.73 bits per heavy atom. The van der Waals surface area contributed by atoms with Gasteiger partial charge in [0.25, 0.3) is 0 Å². The van der Waals surface area contributed by atoms with Gasteiger partial charge in [0.1, 0.15) is 12.6 Å². The average molecular weight is 494 g/mol. The van der Waals surface area contributed by atoms with E-state index in [-0.39, 0.29) is 18.5 Å². The van der Waals surface area contributed by atoms with Crippen molar-refractivity contribution in [1.29, 1.82) is 0 Å². The van der Waals surface area contributed by atoms with Crippen LogP contribution in [0.15, 0.2) is 48.5 Å². The lowest BCUT2D eigenvalue weighted by Gasteiger charge is -2.32. The van der Waals surface area contributed by atoms with E-state index in [0.29, 0.717) is 10.7 Å². The molecule has 0 heterocycles. The molecule has 0 aromatic heterocycles. The smallest absolute Gasteiger partial charge is 0.244 e. The van der Waals surface area contributed by atoms with Gasteiger partial charge in [0.2, 0.25) is 21.8 Å². The minimum Gasteiger partial charge on any atom is -0.352 e. The zero-order valence-electron chi connectivity index (χ0n) is 19.7. The molecule has 0 aliphatic carbocycles. The summed E-state index contributed by atoms with van der Waals surface area (Å²) in [4.78, 5) is 27.7. The molecule has 0 aliphatic rings. The van der Waals surface area contributed by atoms with Crippen LogP contribution in [0.2, 0.25) is 5.02 Å². The first-order valence-corrected chi connectivity index (χ1v) is 13.0. The number of rotatable bonds is 10. The Balaban J connectivity index is 2.37. The summed E-state index contributed by atoms with van der Waals surface area (Å²) >= 11 is 5.98. The van der Waals surface area contributed by atoms with E-state index in [1.165, 1.54) is 4.90 Å². The lowest BCUT2D eigenvalue weighted by Crippen LogP contribution is -2.52. The second-order valence-electron chi connectivity index (χ2n) is 8.25. The molecule has 7 nitrogen and oxygen atoms in total. The highest BCUT2D eigenvalue weighted by molar-refractivity contribution is 7.92. The summed E-state index contributed by atoms with van der Waals surface area (Å²) in [5.41, 5.74) is 2.04. The monoisotopic (exact) mass is 493 g/mol. The highest BCUT2D eigenvalue weighted by Gasteiger charge is 2.30. The van der Waals surface area contributed by atoms with Crippen LogP contribution in [0.3, 0.4) is 0 Å². The van der Waals surface area contributed by atoms with E-state index in [1.807, 2.05) is 26.8 Å². The predicted octanol–water partition coefficient (Wildman–Crippen LogP) is 3.75. The standard InChI is InChI=1S/C24H32ClN3O4S/c1-6-18(3)26-24(30)19(4)27(15-20-10-12-21(25)13-11-20)23(29)16-28(33(5,31)32)22-9-7-8-17(2)14-22/h7-14,18-19H,6,15-16H2,1-5H3,(H,26,30). The largest absolute Gasteiger partial charge is 0.352 e. The summed E-state index contributed by atoms with van der Waals surface area (Å²) in [6.07, 6.45) is 1.81. The first-order valence-electron chi connectivity index (χ1n) is 10.8. The second-order valence-corrected chi connectivity index (χ2v) is 10.6. The van der Waals surface area contributed by atoms with Crippen molar-refractivity contribution >= 4 is 39.1 Å². The lowest BCUT2D eigenvalue weighted by molar-refractivity contribution is -0.139. The van der Waals surface area contributed by atoms with Gasteiger partial charge < -0.3 is 10.2 Å². The maximum atomic E-state index is 13.4. The van der Waals surface area contributed by atoms with Crippen LogP contribution in [0.5, 0.6) is 0 Å². The maximum Gasteiger partial charge on any atom is 0.244 e. The number of benzene rings is 2. The van der Waals surface area contributed by atoms with Crippen LogP contribution in [0, 0.1) is 6.92 Å². The quantitative estimate of drug-likeness (QED) is 0.546. The van der Waals surface area contributed by atoms with Gasteiger partial charge in [-0.3, -0.25) is 13.9 Å². The molecule has 2 aromatic rings. The summed E-state index contributed by atoms with van der Waals surface area (Å²) in [7, 11) is -3.74. The molecule has 2 aromatic carbocycles. The Labute approximate surface area is 201 Å². The number of sulfonamides is 1. The zero-order valence-corrected chi connectivity index (χ0v) is 21.3. The van der Waals surface area contributed by atoms with E-state index in [1.54, 1.807) is 49.4 Å². The molecule has 0 bridgehead atoms. The number of hydrogen-bond donors (Lipinski definition) is 1. The first-order chi connectivity index (χ1) is 15.4. The van der Waals surface area contributed by atoms with Gasteiger partial charge >= 0.3 is 0 Å². The van der Waals surface area contributed by atoms with Gasteiger partial charge in [-0.1, -0.05) is 42.8 Å². The van der Waals surface area contributed by atoms with Gasteiger partial charge in [-0.25, -0.2) is 8.42 Å². The first kappa shape index (κ1) is 26.7. The number of nitrogens with one attached hydrogen (secondary N) is 1. The minimum atomic E-state index is -3.74. The summed E-state index contributed by atoms with van der Waals surface area (Å²) < 4.78 is 26.2. The van der Waals surface area contributed by atoms with Crippen molar-refractivity contribution in [2.75, 3.05) is 17.1 Å². The molecule has 0 radical (unpaired) electrons. The molecular formula is C24H32ClN3O4S.